The minimum Gasteiger partial charge on any atom is -0.393 e. The van der Waals surface area contributed by atoms with Crippen molar-refractivity contribution in [3.05, 3.63) is 35.9 Å². The highest BCUT2D eigenvalue weighted by Gasteiger charge is 2.16. The summed E-state index contributed by atoms with van der Waals surface area (Å²) in [5.74, 6) is 0. The zero-order valence-corrected chi connectivity index (χ0v) is 11.2. The summed E-state index contributed by atoms with van der Waals surface area (Å²) in [6.07, 6.45) is 2.80. The third kappa shape index (κ3) is 6.44. The molecule has 2 heteroatoms. The van der Waals surface area contributed by atoms with Gasteiger partial charge in [0.1, 0.15) is 0 Å². The van der Waals surface area contributed by atoms with Crippen LogP contribution in [0.15, 0.2) is 30.3 Å². The fourth-order valence-corrected chi connectivity index (χ4v) is 1.81. The third-order valence-electron chi connectivity index (χ3n) is 3.05. The zero-order chi connectivity index (χ0) is 12.7. The fourth-order valence-electron chi connectivity index (χ4n) is 1.81. The lowest BCUT2D eigenvalue weighted by atomic mass is 9.95. The van der Waals surface area contributed by atoms with E-state index >= 15 is 0 Å². The van der Waals surface area contributed by atoms with E-state index in [4.69, 9.17) is 0 Å². The minimum absolute atomic E-state index is 0.130. The molecular formula is C15H25NO. The van der Waals surface area contributed by atoms with Crippen LogP contribution in [-0.4, -0.2) is 23.3 Å². The first kappa shape index (κ1) is 14.2. The Balaban J connectivity index is 2.29. The van der Waals surface area contributed by atoms with Gasteiger partial charge in [-0.15, -0.1) is 0 Å². The molecule has 0 spiro atoms. The molecule has 0 aliphatic rings. The van der Waals surface area contributed by atoms with E-state index in [2.05, 4.69) is 49.5 Å². The van der Waals surface area contributed by atoms with Gasteiger partial charge in [-0.3, -0.25) is 0 Å². The Morgan fingerprint density at radius 3 is 2.47 bits per heavy atom. The maximum absolute atomic E-state index is 9.22. The number of rotatable bonds is 7. The third-order valence-corrected chi connectivity index (χ3v) is 3.05. The number of hydrogen-bond donors (Lipinski definition) is 2. The molecule has 1 atom stereocenters. The van der Waals surface area contributed by atoms with Crippen molar-refractivity contribution in [3.8, 4) is 0 Å². The number of nitrogens with one attached hydrogen (secondary N) is 1. The molecule has 0 aliphatic carbocycles. The highest BCUT2D eigenvalue weighted by atomic mass is 16.3. The second-order valence-corrected chi connectivity index (χ2v) is 5.43. The van der Waals surface area contributed by atoms with E-state index in [1.807, 2.05) is 6.92 Å². The quantitative estimate of drug-likeness (QED) is 0.761. The lowest BCUT2D eigenvalue weighted by Crippen LogP contribution is -2.40. The van der Waals surface area contributed by atoms with E-state index < -0.39 is 0 Å². The molecule has 1 unspecified atom stereocenters. The largest absolute Gasteiger partial charge is 0.393 e. The molecule has 2 nitrogen and oxygen atoms in total. The van der Waals surface area contributed by atoms with Crippen molar-refractivity contribution in [1.82, 2.24) is 5.32 Å². The maximum atomic E-state index is 9.22. The van der Waals surface area contributed by atoms with Gasteiger partial charge in [0.2, 0.25) is 0 Å². The van der Waals surface area contributed by atoms with Crippen molar-refractivity contribution in [2.24, 2.45) is 0 Å². The van der Waals surface area contributed by atoms with Crippen molar-refractivity contribution < 1.29 is 5.11 Å². The van der Waals surface area contributed by atoms with Gasteiger partial charge < -0.3 is 10.4 Å². The summed E-state index contributed by atoms with van der Waals surface area (Å²) in [4.78, 5) is 0. The van der Waals surface area contributed by atoms with Crippen LogP contribution >= 0.6 is 0 Å². The van der Waals surface area contributed by atoms with Gasteiger partial charge in [-0.25, -0.2) is 0 Å². The Labute approximate surface area is 105 Å². The molecule has 0 amide bonds. The summed E-state index contributed by atoms with van der Waals surface area (Å²) in [6.45, 7) is 7.15. The Morgan fingerprint density at radius 2 is 1.88 bits per heavy atom. The lowest BCUT2D eigenvalue weighted by Gasteiger charge is -2.27. The van der Waals surface area contributed by atoms with Crippen LogP contribution in [-0.2, 0) is 6.42 Å². The highest BCUT2D eigenvalue weighted by Crippen LogP contribution is 2.13. The molecule has 0 radical (unpaired) electrons. The summed E-state index contributed by atoms with van der Waals surface area (Å²) >= 11 is 0. The normalized spacial score (nSPS) is 13.6. The van der Waals surface area contributed by atoms with Crippen LogP contribution < -0.4 is 5.32 Å². The first-order valence-electron chi connectivity index (χ1n) is 6.47. The van der Waals surface area contributed by atoms with Crippen LogP contribution in [0.3, 0.4) is 0 Å². The molecule has 96 valence electrons. The molecule has 0 saturated heterocycles. The van der Waals surface area contributed by atoms with Gasteiger partial charge in [0.25, 0.3) is 0 Å². The van der Waals surface area contributed by atoms with E-state index in [0.29, 0.717) is 0 Å². The van der Waals surface area contributed by atoms with Crippen molar-refractivity contribution >= 4 is 0 Å². The second-order valence-electron chi connectivity index (χ2n) is 5.43. The number of aryl methyl sites for hydroxylation is 1. The summed E-state index contributed by atoms with van der Waals surface area (Å²) < 4.78 is 0. The molecule has 0 bridgehead atoms. The summed E-state index contributed by atoms with van der Waals surface area (Å²) in [7, 11) is 0. The van der Waals surface area contributed by atoms with Crippen molar-refractivity contribution in [1.29, 1.82) is 0 Å². The molecule has 17 heavy (non-hydrogen) atoms. The maximum Gasteiger partial charge on any atom is 0.0524 e. The topological polar surface area (TPSA) is 32.3 Å². The summed E-state index contributed by atoms with van der Waals surface area (Å²) in [5, 5.41) is 12.7. The number of benzene rings is 1. The van der Waals surface area contributed by atoms with Crippen molar-refractivity contribution in [2.75, 3.05) is 6.54 Å². The van der Waals surface area contributed by atoms with Crippen molar-refractivity contribution in [3.63, 3.8) is 0 Å². The van der Waals surface area contributed by atoms with Crippen LogP contribution in [0.2, 0.25) is 0 Å². The average Bonchev–Trinajstić information content (AvgIpc) is 2.27. The Kier molecular flexibility index (Phi) is 5.66. The van der Waals surface area contributed by atoms with E-state index in [1.165, 1.54) is 5.56 Å². The van der Waals surface area contributed by atoms with E-state index in [1.54, 1.807) is 0 Å². The molecule has 2 N–H and O–H groups in total. The predicted octanol–water partition coefficient (Wildman–Crippen LogP) is 2.76. The Bertz CT molecular complexity index is 306. The van der Waals surface area contributed by atoms with Gasteiger partial charge in [0.15, 0.2) is 0 Å². The molecule has 1 aromatic rings. The van der Waals surface area contributed by atoms with Gasteiger partial charge in [-0.2, -0.15) is 0 Å². The van der Waals surface area contributed by atoms with E-state index in [9.17, 15) is 5.11 Å². The molecule has 0 saturated carbocycles. The number of hydrogen-bond acceptors (Lipinski definition) is 2. The molecule has 0 heterocycles. The predicted molar refractivity (Wildman–Crippen MR) is 73.1 cm³/mol. The van der Waals surface area contributed by atoms with Gasteiger partial charge in [-0.05, 0) is 52.1 Å². The fraction of sp³-hybridized carbons (Fsp3) is 0.600. The van der Waals surface area contributed by atoms with Crippen LogP contribution in [0, 0.1) is 0 Å². The van der Waals surface area contributed by atoms with Gasteiger partial charge >= 0.3 is 0 Å². The van der Waals surface area contributed by atoms with Gasteiger partial charge in [0, 0.05) is 5.54 Å². The van der Waals surface area contributed by atoms with Crippen molar-refractivity contribution in [2.45, 2.75) is 51.7 Å². The van der Waals surface area contributed by atoms with E-state index in [-0.39, 0.29) is 11.6 Å². The highest BCUT2D eigenvalue weighted by molar-refractivity contribution is 5.15. The molecule has 1 aromatic carbocycles. The molecule has 0 fully saturated rings. The van der Waals surface area contributed by atoms with E-state index in [0.717, 1.165) is 25.8 Å². The molecule has 0 aromatic heterocycles. The first-order chi connectivity index (χ1) is 7.99. The lowest BCUT2D eigenvalue weighted by molar-refractivity contribution is 0.178. The Hall–Kier alpha value is -0.860. The summed E-state index contributed by atoms with van der Waals surface area (Å²) in [6, 6.07) is 10.6. The van der Waals surface area contributed by atoms with Crippen LogP contribution in [0.4, 0.5) is 0 Å². The smallest absolute Gasteiger partial charge is 0.0524 e. The summed E-state index contributed by atoms with van der Waals surface area (Å²) in [5.41, 5.74) is 1.52. The molecule has 1 rings (SSSR count). The van der Waals surface area contributed by atoms with Crippen LogP contribution in [0.1, 0.15) is 39.2 Å². The number of aliphatic hydroxyl groups excluding tert-OH is 1. The standard InChI is InChI=1S/C15H25NO/c1-13(17)10-12-16-15(2,3)11-9-14-7-5-4-6-8-14/h4-8,13,16-17H,9-12H2,1-3H3. The monoisotopic (exact) mass is 235 g/mol. The Morgan fingerprint density at radius 1 is 1.24 bits per heavy atom. The molecular weight excluding hydrogens is 210 g/mol. The van der Waals surface area contributed by atoms with Crippen LogP contribution in [0.25, 0.3) is 0 Å². The first-order valence-corrected chi connectivity index (χ1v) is 6.47. The zero-order valence-electron chi connectivity index (χ0n) is 11.2. The molecule has 0 aliphatic heterocycles. The SMILES string of the molecule is CC(O)CCNC(C)(C)CCc1ccccc1. The second kappa shape index (κ2) is 6.77. The minimum atomic E-state index is -0.215. The number of aliphatic hydroxyl groups is 1. The van der Waals surface area contributed by atoms with Gasteiger partial charge in [0.05, 0.1) is 6.10 Å². The average molecular weight is 235 g/mol. The van der Waals surface area contributed by atoms with Crippen LogP contribution in [0.5, 0.6) is 0 Å². The van der Waals surface area contributed by atoms with Gasteiger partial charge in [-0.1, -0.05) is 30.3 Å².